The Bertz CT molecular complexity index is 803. The number of piperidine rings is 1. The van der Waals surface area contributed by atoms with Gasteiger partial charge in [-0.2, -0.15) is 4.98 Å². The molecule has 1 aromatic heterocycles. The molecule has 0 spiro atoms. The van der Waals surface area contributed by atoms with E-state index in [1.54, 1.807) is 18.2 Å². The molecule has 0 unspecified atom stereocenters. The molecule has 0 atom stereocenters. The van der Waals surface area contributed by atoms with Gasteiger partial charge in [-0.1, -0.05) is 18.2 Å². The molecular formula is C20H26FN5O. The summed E-state index contributed by atoms with van der Waals surface area (Å²) in [7, 11) is 3.91. The molecule has 1 aromatic carbocycles. The molecule has 0 saturated carbocycles. The fraction of sp³-hybridized carbons (Fsp3) is 0.450. The topological polar surface area (TPSA) is 61.4 Å². The van der Waals surface area contributed by atoms with Gasteiger partial charge in [-0.3, -0.25) is 4.79 Å². The Morgan fingerprint density at radius 2 is 1.96 bits per heavy atom. The average molecular weight is 371 g/mol. The third kappa shape index (κ3) is 4.72. The minimum Gasteiger partial charge on any atom is -0.363 e. The van der Waals surface area contributed by atoms with Gasteiger partial charge in [0.05, 0.1) is 0 Å². The van der Waals surface area contributed by atoms with Crippen LogP contribution in [0.25, 0.3) is 0 Å². The Balaban J connectivity index is 1.55. The second kappa shape index (κ2) is 8.33. The molecule has 144 valence electrons. The van der Waals surface area contributed by atoms with Gasteiger partial charge in [-0.15, -0.1) is 0 Å². The average Bonchev–Trinajstić information content (AvgIpc) is 2.66. The van der Waals surface area contributed by atoms with E-state index >= 15 is 0 Å². The van der Waals surface area contributed by atoms with Crippen molar-refractivity contribution >= 4 is 17.7 Å². The molecule has 3 rings (SSSR count). The summed E-state index contributed by atoms with van der Waals surface area (Å²) in [6.07, 6.45) is 1.47. The lowest BCUT2D eigenvalue weighted by molar-refractivity contribution is -0.125. The van der Waals surface area contributed by atoms with Crippen LogP contribution in [0.4, 0.5) is 16.2 Å². The number of hydrogen-bond donors (Lipinski definition) is 1. The smallest absolute Gasteiger partial charge is 0.227 e. The van der Waals surface area contributed by atoms with Gasteiger partial charge < -0.3 is 15.1 Å². The first-order valence-electron chi connectivity index (χ1n) is 9.23. The molecule has 1 N–H and O–H groups in total. The highest BCUT2D eigenvalue weighted by molar-refractivity contribution is 5.79. The van der Waals surface area contributed by atoms with E-state index in [4.69, 9.17) is 0 Å². The van der Waals surface area contributed by atoms with E-state index in [-0.39, 0.29) is 24.2 Å². The predicted molar refractivity (Wildman–Crippen MR) is 104 cm³/mol. The lowest BCUT2D eigenvalue weighted by Gasteiger charge is -2.32. The summed E-state index contributed by atoms with van der Waals surface area (Å²) in [5.74, 6) is 1.22. The summed E-state index contributed by atoms with van der Waals surface area (Å²) < 4.78 is 13.7. The van der Waals surface area contributed by atoms with Crippen molar-refractivity contribution in [3.05, 3.63) is 47.4 Å². The minimum absolute atomic E-state index is 0.0166. The number of halogens is 1. The van der Waals surface area contributed by atoms with Crippen molar-refractivity contribution in [2.75, 3.05) is 37.0 Å². The molecule has 0 aliphatic carbocycles. The van der Waals surface area contributed by atoms with Crippen molar-refractivity contribution in [3.63, 3.8) is 0 Å². The third-order valence-corrected chi connectivity index (χ3v) is 4.85. The highest BCUT2D eigenvalue weighted by atomic mass is 19.1. The molecule has 1 aliphatic heterocycles. The van der Waals surface area contributed by atoms with E-state index in [0.717, 1.165) is 37.4 Å². The highest BCUT2D eigenvalue weighted by Crippen LogP contribution is 2.23. The van der Waals surface area contributed by atoms with E-state index in [9.17, 15) is 9.18 Å². The fourth-order valence-corrected chi connectivity index (χ4v) is 3.22. The molecule has 27 heavy (non-hydrogen) atoms. The molecule has 7 heteroatoms. The number of nitrogens with zero attached hydrogens (tertiary/aromatic N) is 4. The zero-order valence-corrected chi connectivity index (χ0v) is 16.1. The number of benzene rings is 1. The molecule has 1 aliphatic rings. The maximum absolute atomic E-state index is 13.7. The largest absolute Gasteiger partial charge is 0.363 e. The Hall–Kier alpha value is -2.70. The van der Waals surface area contributed by atoms with Crippen LogP contribution in [0.15, 0.2) is 30.3 Å². The van der Waals surface area contributed by atoms with Crippen molar-refractivity contribution in [1.29, 1.82) is 0 Å². The van der Waals surface area contributed by atoms with Gasteiger partial charge in [0.25, 0.3) is 0 Å². The molecule has 1 saturated heterocycles. The summed E-state index contributed by atoms with van der Waals surface area (Å²) in [4.78, 5) is 25.7. The molecule has 1 fully saturated rings. The number of aryl methyl sites for hydroxylation is 1. The zero-order chi connectivity index (χ0) is 19.4. The number of anilines is 2. The number of amides is 1. The van der Waals surface area contributed by atoms with Crippen LogP contribution in [0.5, 0.6) is 0 Å². The summed E-state index contributed by atoms with van der Waals surface area (Å²) in [5, 5.41) is 2.86. The quantitative estimate of drug-likeness (QED) is 0.875. The molecule has 2 heterocycles. The summed E-state index contributed by atoms with van der Waals surface area (Å²) >= 11 is 0. The van der Waals surface area contributed by atoms with Crippen molar-refractivity contribution in [1.82, 2.24) is 15.3 Å². The lowest BCUT2D eigenvalue weighted by Crippen LogP contribution is -2.41. The monoisotopic (exact) mass is 371 g/mol. The Labute approximate surface area is 159 Å². The molecular weight excluding hydrogens is 345 g/mol. The standard InChI is InChI=1S/C20H26FN5O/c1-14-12-18(25(2)3)24-20(23-14)26-10-8-15(9-11-26)19(27)22-13-16-6-4-5-7-17(16)21/h4-7,12,15H,8-11,13H2,1-3H3,(H,22,27). The fourth-order valence-electron chi connectivity index (χ4n) is 3.22. The van der Waals surface area contributed by atoms with Crippen molar-refractivity contribution in [2.24, 2.45) is 5.92 Å². The number of carbonyl (C=O) groups is 1. The van der Waals surface area contributed by atoms with Gasteiger partial charge in [0, 0.05) is 57.0 Å². The van der Waals surface area contributed by atoms with Gasteiger partial charge in [0.2, 0.25) is 11.9 Å². The van der Waals surface area contributed by atoms with Crippen LogP contribution >= 0.6 is 0 Å². The summed E-state index contributed by atoms with van der Waals surface area (Å²) in [5.41, 5.74) is 1.43. The first-order valence-corrected chi connectivity index (χ1v) is 9.23. The van der Waals surface area contributed by atoms with Gasteiger partial charge in [-0.25, -0.2) is 9.37 Å². The van der Waals surface area contributed by atoms with E-state index in [0.29, 0.717) is 11.5 Å². The van der Waals surface area contributed by atoms with Gasteiger partial charge in [0.1, 0.15) is 11.6 Å². The number of carbonyl (C=O) groups excluding carboxylic acids is 1. The number of nitrogens with one attached hydrogen (secondary N) is 1. The molecule has 1 amide bonds. The van der Waals surface area contributed by atoms with E-state index in [2.05, 4.69) is 20.2 Å². The lowest BCUT2D eigenvalue weighted by atomic mass is 9.96. The van der Waals surface area contributed by atoms with Crippen LogP contribution in [0.1, 0.15) is 24.1 Å². The molecule has 0 radical (unpaired) electrons. The van der Waals surface area contributed by atoms with Gasteiger partial charge >= 0.3 is 0 Å². The van der Waals surface area contributed by atoms with Crippen molar-refractivity contribution in [2.45, 2.75) is 26.3 Å². The minimum atomic E-state index is -0.291. The predicted octanol–water partition coefficient (Wildman–Crippen LogP) is 2.52. The number of hydrogen-bond acceptors (Lipinski definition) is 5. The van der Waals surface area contributed by atoms with Crippen LogP contribution in [-0.2, 0) is 11.3 Å². The van der Waals surface area contributed by atoms with Crippen LogP contribution in [0, 0.1) is 18.7 Å². The zero-order valence-electron chi connectivity index (χ0n) is 16.1. The Kier molecular flexibility index (Phi) is 5.88. The van der Waals surface area contributed by atoms with Crippen molar-refractivity contribution in [3.8, 4) is 0 Å². The van der Waals surface area contributed by atoms with Crippen LogP contribution in [0.3, 0.4) is 0 Å². The number of rotatable bonds is 5. The third-order valence-electron chi connectivity index (χ3n) is 4.85. The first-order chi connectivity index (χ1) is 12.9. The van der Waals surface area contributed by atoms with Crippen molar-refractivity contribution < 1.29 is 9.18 Å². The maximum atomic E-state index is 13.7. The highest BCUT2D eigenvalue weighted by Gasteiger charge is 2.26. The van der Waals surface area contributed by atoms with Gasteiger partial charge in [0.15, 0.2) is 0 Å². The second-order valence-electron chi connectivity index (χ2n) is 7.13. The number of aromatic nitrogens is 2. The van der Waals surface area contributed by atoms with Gasteiger partial charge in [-0.05, 0) is 25.8 Å². The second-order valence-corrected chi connectivity index (χ2v) is 7.13. The summed E-state index contributed by atoms with van der Waals surface area (Å²) in [6.45, 7) is 3.64. The van der Waals surface area contributed by atoms with E-state index in [1.165, 1.54) is 6.07 Å². The normalized spacial score (nSPS) is 14.9. The maximum Gasteiger partial charge on any atom is 0.227 e. The van der Waals surface area contributed by atoms with E-state index in [1.807, 2.05) is 32.0 Å². The van der Waals surface area contributed by atoms with Crippen LogP contribution in [-0.4, -0.2) is 43.1 Å². The molecule has 6 nitrogen and oxygen atoms in total. The molecule has 0 bridgehead atoms. The van der Waals surface area contributed by atoms with E-state index < -0.39 is 0 Å². The van der Waals surface area contributed by atoms with Crippen LogP contribution in [0.2, 0.25) is 0 Å². The van der Waals surface area contributed by atoms with Crippen LogP contribution < -0.4 is 15.1 Å². The summed E-state index contributed by atoms with van der Waals surface area (Å²) in [6, 6.07) is 8.46. The molecule has 2 aromatic rings. The first kappa shape index (κ1) is 19.1. The SMILES string of the molecule is Cc1cc(N(C)C)nc(N2CCC(C(=O)NCc3ccccc3F)CC2)n1. The Morgan fingerprint density at radius 1 is 1.26 bits per heavy atom. The Morgan fingerprint density at radius 3 is 2.63 bits per heavy atom.